The van der Waals surface area contributed by atoms with E-state index in [9.17, 15) is 4.79 Å². The standard InChI is InChI=1S/C16H32N2O2/c1-6-10-18(11-14-8-9-14)12-16(5,17-13(3)4)15(19)20-7-2/h13-14,17H,6-12H2,1-5H3. The van der Waals surface area contributed by atoms with E-state index in [0.717, 1.165) is 32.0 Å². The van der Waals surface area contributed by atoms with E-state index < -0.39 is 5.54 Å². The van der Waals surface area contributed by atoms with Gasteiger partial charge in [-0.25, -0.2) is 0 Å². The number of hydrogen-bond donors (Lipinski definition) is 1. The molecule has 0 aromatic carbocycles. The van der Waals surface area contributed by atoms with Crippen molar-refractivity contribution in [3.05, 3.63) is 0 Å². The van der Waals surface area contributed by atoms with E-state index in [1.165, 1.54) is 12.8 Å². The molecule has 0 bridgehead atoms. The third-order valence-electron chi connectivity index (χ3n) is 3.63. The largest absolute Gasteiger partial charge is 0.465 e. The summed E-state index contributed by atoms with van der Waals surface area (Å²) in [5, 5.41) is 3.41. The zero-order valence-electron chi connectivity index (χ0n) is 13.9. The van der Waals surface area contributed by atoms with Crippen LogP contribution < -0.4 is 5.32 Å². The van der Waals surface area contributed by atoms with Crippen LogP contribution in [0.1, 0.15) is 53.9 Å². The number of hydrogen-bond acceptors (Lipinski definition) is 4. The highest BCUT2D eigenvalue weighted by Gasteiger charge is 2.38. The first-order chi connectivity index (χ1) is 9.41. The lowest BCUT2D eigenvalue weighted by molar-refractivity contribution is -0.151. The molecule has 1 aliphatic rings. The number of rotatable bonds is 10. The van der Waals surface area contributed by atoms with Crippen LogP contribution in [-0.2, 0) is 9.53 Å². The number of nitrogens with one attached hydrogen (secondary N) is 1. The molecule has 1 unspecified atom stereocenters. The third-order valence-corrected chi connectivity index (χ3v) is 3.63. The third kappa shape index (κ3) is 5.80. The van der Waals surface area contributed by atoms with Gasteiger partial charge in [-0.3, -0.25) is 10.1 Å². The monoisotopic (exact) mass is 284 g/mol. The van der Waals surface area contributed by atoms with Crippen LogP contribution >= 0.6 is 0 Å². The molecule has 118 valence electrons. The Kier molecular flexibility index (Phi) is 6.96. The topological polar surface area (TPSA) is 41.6 Å². The second kappa shape index (κ2) is 7.99. The predicted octanol–water partition coefficient (Wildman–Crippen LogP) is 2.43. The molecule has 0 spiro atoms. The molecule has 1 N–H and O–H groups in total. The molecule has 0 heterocycles. The van der Waals surface area contributed by atoms with Crippen LogP contribution in [-0.4, -0.2) is 48.7 Å². The predicted molar refractivity (Wildman–Crippen MR) is 82.8 cm³/mol. The van der Waals surface area contributed by atoms with Crippen molar-refractivity contribution in [2.24, 2.45) is 5.92 Å². The Morgan fingerprint density at radius 1 is 1.40 bits per heavy atom. The minimum atomic E-state index is -0.617. The van der Waals surface area contributed by atoms with Gasteiger partial charge in [0, 0.05) is 19.1 Å². The zero-order chi connectivity index (χ0) is 15.2. The summed E-state index contributed by atoms with van der Waals surface area (Å²) in [6.45, 7) is 13.5. The van der Waals surface area contributed by atoms with Gasteiger partial charge in [-0.15, -0.1) is 0 Å². The Morgan fingerprint density at radius 2 is 2.05 bits per heavy atom. The molecule has 1 rings (SSSR count). The van der Waals surface area contributed by atoms with E-state index in [2.05, 4.69) is 31.0 Å². The normalized spacial score (nSPS) is 18.4. The van der Waals surface area contributed by atoms with Gasteiger partial charge in [0.15, 0.2) is 0 Å². The minimum Gasteiger partial charge on any atom is -0.465 e. The van der Waals surface area contributed by atoms with E-state index in [0.29, 0.717) is 6.61 Å². The number of carbonyl (C=O) groups is 1. The Hall–Kier alpha value is -0.610. The highest BCUT2D eigenvalue weighted by Crippen LogP contribution is 2.30. The Bertz CT molecular complexity index is 303. The summed E-state index contributed by atoms with van der Waals surface area (Å²) in [6, 6.07) is 0.258. The molecule has 0 aromatic heterocycles. The van der Waals surface area contributed by atoms with Crippen LogP contribution in [0.15, 0.2) is 0 Å². The van der Waals surface area contributed by atoms with Gasteiger partial charge >= 0.3 is 5.97 Å². The van der Waals surface area contributed by atoms with Crippen LogP contribution in [0.4, 0.5) is 0 Å². The highest BCUT2D eigenvalue weighted by molar-refractivity contribution is 5.80. The average molecular weight is 284 g/mol. The maximum atomic E-state index is 12.3. The highest BCUT2D eigenvalue weighted by atomic mass is 16.5. The van der Waals surface area contributed by atoms with Crippen molar-refractivity contribution in [1.29, 1.82) is 0 Å². The molecule has 20 heavy (non-hydrogen) atoms. The van der Waals surface area contributed by atoms with E-state index in [-0.39, 0.29) is 12.0 Å². The molecule has 1 atom stereocenters. The van der Waals surface area contributed by atoms with Gasteiger partial charge in [0.2, 0.25) is 0 Å². The van der Waals surface area contributed by atoms with Gasteiger partial charge in [0.25, 0.3) is 0 Å². The lowest BCUT2D eigenvalue weighted by Gasteiger charge is -2.36. The second-order valence-corrected chi connectivity index (χ2v) is 6.53. The Balaban J connectivity index is 2.70. The van der Waals surface area contributed by atoms with Crippen LogP contribution in [0.3, 0.4) is 0 Å². The number of esters is 1. The second-order valence-electron chi connectivity index (χ2n) is 6.53. The lowest BCUT2D eigenvalue weighted by atomic mass is 10.00. The zero-order valence-corrected chi connectivity index (χ0v) is 13.9. The Labute approximate surface area is 124 Å². The molecule has 0 aromatic rings. The first kappa shape index (κ1) is 17.4. The van der Waals surface area contributed by atoms with Crippen molar-refractivity contribution in [3.63, 3.8) is 0 Å². The molecule has 0 radical (unpaired) electrons. The number of carbonyl (C=O) groups excluding carboxylic acids is 1. The average Bonchev–Trinajstić information content (AvgIpc) is 3.12. The summed E-state index contributed by atoms with van der Waals surface area (Å²) >= 11 is 0. The van der Waals surface area contributed by atoms with Crippen molar-refractivity contribution >= 4 is 5.97 Å². The summed E-state index contributed by atoms with van der Waals surface area (Å²) in [5.74, 6) is 0.706. The first-order valence-electron chi connectivity index (χ1n) is 8.08. The summed E-state index contributed by atoms with van der Waals surface area (Å²) in [6.07, 6.45) is 3.80. The summed E-state index contributed by atoms with van der Waals surface area (Å²) in [4.78, 5) is 14.8. The van der Waals surface area contributed by atoms with Crippen molar-refractivity contribution in [2.75, 3.05) is 26.2 Å². The molecule has 0 aliphatic heterocycles. The van der Waals surface area contributed by atoms with Crippen molar-refractivity contribution in [2.45, 2.75) is 65.5 Å². The molecule has 0 saturated heterocycles. The Morgan fingerprint density at radius 3 is 2.50 bits per heavy atom. The fraction of sp³-hybridized carbons (Fsp3) is 0.938. The van der Waals surface area contributed by atoms with Gasteiger partial charge < -0.3 is 9.64 Å². The smallest absolute Gasteiger partial charge is 0.327 e. The van der Waals surface area contributed by atoms with Crippen LogP contribution in [0.2, 0.25) is 0 Å². The van der Waals surface area contributed by atoms with Crippen LogP contribution in [0.25, 0.3) is 0 Å². The number of ether oxygens (including phenoxy) is 1. The molecule has 1 saturated carbocycles. The fourth-order valence-electron chi connectivity index (χ4n) is 2.76. The van der Waals surface area contributed by atoms with Crippen LogP contribution in [0, 0.1) is 5.92 Å². The summed E-state index contributed by atoms with van der Waals surface area (Å²) in [7, 11) is 0. The van der Waals surface area contributed by atoms with Gasteiger partial charge in [-0.05, 0) is 59.4 Å². The van der Waals surface area contributed by atoms with E-state index >= 15 is 0 Å². The lowest BCUT2D eigenvalue weighted by Crippen LogP contribution is -2.59. The van der Waals surface area contributed by atoms with Gasteiger partial charge in [0.05, 0.1) is 6.61 Å². The van der Waals surface area contributed by atoms with E-state index in [1.807, 2.05) is 13.8 Å². The molecule has 1 fully saturated rings. The summed E-state index contributed by atoms with van der Waals surface area (Å²) < 4.78 is 5.28. The molecular formula is C16H32N2O2. The first-order valence-corrected chi connectivity index (χ1v) is 8.08. The van der Waals surface area contributed by atoms with Crippen molar-refractivity contribution in [3.8, 4) is 0 Å². The van der Waals surface area contributed by atoms with Crippen LogP contribution in [0.5, 0.6) is 0 Å². The van der Waals surface area contributed by atoms with E-state index in [4.69, 9.17) is 4.74 Å². The quantitative estimate of drug-likeness (QED) is 0.626. The SMILES string of the molecule is CCCN(CC1CC1)CC(C)(NC(C)C)C(=O)OCC. The van der Waals surface area contributed by atoms with E-state index in [1.54, 1.807) is 0 Å². The van der Waals surface area contributed by atoms with Gasteiger partial charge in [-0.1, -0.05) is 6.92 Å². The van der Waals surface area contributed by atoms with Crippen molar-refractivity contribution < 1.29 is 9.53 Å². The molecular weight excluding hydrogens is 252 g/mol. The van der Waals surface area contributed by atoms with Gasteiger partial charge in [0.1, 0.15) is 5.54 Å². The summed E-state index contributed by atoms with van der Waals surface area (Å²) in [5.41, 5.74) is -0.617. The maximum absolute atomic E-state index is 12.3. The molecule has 4 heteroatoms. The number of nitrogens with zero attached hydrogens (tertiary/aromatic N) is 1. The van der Waals surface area contributed by atoms with Gasteiger partial charge in [-0.2, -0.15) is 0 Å². The maximum Gasteiger partial charge on any atom is 0.327 e. The fourth-order valence-corrected chi connectivity index (χ4v) is 2.76. The molecule has 0 amide bonds. The minimum absolute atomic E-state index is 0.134. The molecule has 1 aliphatic carbocycles. The van der Waals surface area contributed by atoms with Crippen molar-refractivity contribution in [1.82, 2.24) is 10.2 Å². The molecule has 4 nitrogen and oxygen atoms in total.